The molecule has 0 saturated heterocycles. The van der Waals surface area contributed by atoms with Gasteiger partial charge in [0.1, 0.15) is 0 Å². The molecule has 1 saturated carbocycles. The molecule has 1 aromatic rings. The van der Waals surface area contributed by atoms with Crippen molar-refractivity contribution >= 4 is 0 Å². The number of nitrogens with one attached hydrogen (secondary N) is 1. The van der Waals surface area contributed by atoms with E-state index < -0.39 is 0 Å². The topological polar surface area (TPSA) is 29.9 Å². The van der Waals surface area contributed by atoms with Crippen LogP contribution in [0.4, 0.5) is 0 Å². The van der Waals surface area contributed by atoms with Crippen LogP contribution in [0.5, 0.6) is 0 Å². The third-order valence-electron chi connectivity index (χ3n) is 4.09. The van der Waals surface area contributed by atoms with E-state index in [0.717, 1.165) is 12.2 Å². The van der Waals surface area contributed by atoms with Gasteiger partial charge in [-0.3, -0.25) is 4.68 Å². The van der Waals surface area contributed by atoms with Crippen molar-refractivity contribution in [3.63, 3.8) is 0 Å². The predicted molar refractivity (Wildman–Crippen MR) is 71.2 cm³/mol. The van der Waals surface area contributed by atoms with E-state index in [1.165, 1.54) is 18.5 Å². The lowest BCUT2D eigenvalue weighted by atomic mass is 9.86. The van der Waals surface area contributed by atoms with Crippen LogP contribution >= 0.6 is 0 Å². The number of hydrogen-bond donors (Lipinski definition) is 1. The minimum atomic E-state index is 0.368. The Morgan fingerprint density at radius 2 is 2.18 bits per heavy atom. The SMILES string of the molecule is CCNC1C(n2nc(C)cc2C)CCC1(C)C. The fourth-order valence-electron chi connectivity index (χ4n) is 3.24. The first kappa shape index (κ1) is 12.6. The Kier molecular flexibility index (Phi) is 3.30. The minimum absolute atomic E-state index is 0.368. The molecule has 1 aliphatic rings. The van der Waals surface area contributed by atoms with Crippen molar-refractivity contribution in [2.45, 2.75) is 59.5 Å². The Labute approximate surface area is 105 Å². The van der Waals surface area contributed by atoms with Gasteiger partial charge < -0.3 is 5.32 Å². The van der Waals surface area contributed by atoms with Gasteiger partial charge >= 0.3 is 0 Å². The summed E-state index contributed by atoms with van der Waals surface area (Å²) in [6.45, 7) is 12.2. The van der Waals surface area contributed by atoms with Crippen molar-refractivity contribution in [1.29, 1.82) is 0 Å². The van der Waals surface area contributed by atoms with Gasteiger partial charge in [-0.2, -0.15) is 5.10 Å². The third-order valence-corrected chi connectivity index (χ3v) is 4.09. The summed E-state index contributed by atoms with van der Waals surface area (Å²) in [5.74, 6) is 0. The quantitative estimate of drug-likeness (QED) is 0.873. The zero-order valence-corrected chi connectivity index (χ0v) is 11.7. The summed E-state index contributed by atoms with van der Waals surface area (Å²) in [4.78, 5) is 0. The molecule has 3 nitrogen and oxygen atoms in total. The summed E-state index contributed by atoms with van der Waals surface area (Å²) >= 11 is 0. The van der Waals surface area contributed by atoms with Crippen LogP contribution in [-0.2, 0) is 0 Å². The maximum atomic E-state index is 4.67. The lowest BCUT2D eigenvalue weighted by molar-refractivity contribution is 0.243. The molecule has 2 rings (SSSR count). The van der Waals surface area contributed by atoms with Crippen LogP contribution in [0.1, 0.15) is 51.0 Å². The molecule has 0 aliphatic heterocycles. The number of nitrogens with zero attached hydrogens (tertiary/aromatic N) is 2. The molecule has 17 heavy (non-hydrogen) atoms. The van der Waals surface area contributed by atoms with Crippen LogP contribution in [-0.4, -0.2) is 22.4 Å². The van der Waals surface area contributed by atoms with E-state index in [0.29, 0.717) is 17.5 Å². The maximum Gasteiger partial charge on any atom is 0.0680 e. The highest BCUT2D eigenvalue weighted by Gasteiger charge is 2.42. The van der Waals surface area contributed by atoms with Gasteiger partial charge in [0.15, 0.2) is 0 Å². The minimum Gasteiger partial charge on any atom is -0.312 e. The first-order valence-electron chi connectivity index (χ1n) is 6.72. The van der Waals surface area contributed by atoms with Gasteiger partial charge in [0, 0.05) is 11.7 Å². The van der Waals surface area contributed by atoms with Gasteiger partial charge in [-0.15, -0.1) is 0 Å². The number of aryl methyl sites for hydroxylation is 2. The van der Waals surface area contributed by atoms with Crippen molar-refractivity contribution in [3.05, 3.63) is 17.5 Å². The molecule has 2 unspecified atom stereocenters. The fourth-order valence-corrected chi connectivity index (χ4v) is 3.24. The first-order chi connectivity index (χ1) is 7.95. The lowest BCUT2D eigenvalue weighted by Crippen LogP contribution is -2.43. The Morgan fingerprint density at radius 1 is 1.47 bits per heavy atom. The summed E-state index contributed by atoms with van der Waals surface area (Å²) in [5.41, 5.74) is 2.78. The second kappa shape index (κ2) is 4.45. The predicted octanol–water partition coefficient (Wildman–Crippen LogP) is 2.84. The van der Waals surface area contributed by atoms with E-state index in [4.69, 9.17) is 0 Å². The van der Waals surface area contributed by atoms with Crippen molar-refractivity contribution < 1.29 is 0 Å². The number of likely N-dealkylation sites (N-methyl/N-ethyl adjacent to an activating group) is 1. The van der Waals surface area contributed by atoms with Crippen LogP contribution in [0, 0.1) is 19.3 Å². The van der Waals surface area contributed by atoms with Gasteiger partial charge in [0.25, 0.3) is 0 Å². The lowest BCUT2D eigenvalue weighted by Gasteiger charge is -2.32. The summed E-state index contributed by atoms with van der Waals surface area (Å²) < 4.78 is 2.23. The maximum absolute atomic E-state index is 4.67. The Bertz CT molecular complexity index is 392. The van der Waals surface area contributed by atoms with Crippen LogP contribution in [0.2, 0.25) is 0 Å². The second-order valence-electron chi connectivity index (χ2n) is 6.00. The zero-order valence-electron chi connectivity index (χ0n) is 11.7. The standard InChI is InChI=1S/C14H25N3/c1-6-15-13-12(7-8-14(13,4)5)17-11(3)9-10(2)16-17/h9,12-13,15H,6-8H2,1-5H3. The fraction of sp³-hybridized carbons (Fsp3) is 0.786. The molecule has 1 aliphatic carbocycles. The van der Waals surface area contributed by atoms with Crippen LogP contribution < -0.4 is 5.32 Å². The Morgan fingerprint density at radius 3 is 2.71 bits per heavy atom. The summed E-state index contributed by atoms with van der Waals surface area (Å²) in [7, 11) is 0. The molecule has 96 valence electrons. The van der Waals surface area contributed by atoms with Gasteiger partial charge in [-0.1, -0.05) is 20.8 Å². The molecule has 1 fully saturated rings. The number of hydrogen-bond acceptors (Lipinski definition) is 2. The Hall–Kier alpha value is -0.830. The summed E-state index contributed by atoms with van der Waals surface area (Å²) in [5, 5.41) is 8.33. The van der Waals surface area contributed by atoms with Gasteiger partial charge in [0.2, 0.25) is 0 Å². The van der Waals surface area contributed by atoms with Crippen molar-refractivity contribution in [3.8, 4) is 0 Å². The van der Waals surface area contributed by atoms with Gasteiger partial charge in [0.05, 0.1) is 11.7 Å². The number of aromatic nitrogens is 2. The van der Waals surface area contributed by atoms with Gasteiger partial charge in [-0.25, -0.2) is 0 Å². The largest absolute Gasteiger partial charge is 0.312 e. The highest BCUT2D eigenvalue weighted by molar-refractivity contribution is 5.10. The van der Waals surface area contributed by atoms with Crippen molar-refractivity contribution in [1.82, 2.24) is 15.1 Å². The molecule has 2 atom stereocenters. The van der Waals surface area contributed by atoms with Crippen molar-refractivity contribution in [2.75, 3.05) is 6.54 Å². The smallest absolute Gasteiger partial charge is 0.0680 e. The highest BCUT2D eigenvalue weighted by atomic mass is 15.3. The second-order valence-corrected chi connectivity index (χ2v) is 6.00. The monoisotopic (exact) mass is 235 g/mol. The van der Waals surface area contributed by atoms with Crippen LogP contribution in [0.25, 0.3) is 0 Å². The van der Waals surface area contributed by atoms with E-state index in [2.05, 4.69) is 55.8 Å². The van der Waals surface area contributed by atoms with E-state index in [9.17, 15) is 0 Å². The normalized spacial score (nSPS) is 27.6. The van der Waals surface area contributed by atoms with E-state index in [1.807, 2.05) is 0 Å². The average molecular weight is 235 g/mol. The first-order valence-corrected chi connectivity index (χ1v) is 6.72. The molecule has 0 aromatic carbocycles. The molecular weight excluding hydrogens is 210 g/mol. The molecule has 0 amide bonds. The summed E-state index contributed by atoms with van der Waals surface area (Å²) in [6, 6.07) is 3.22. The van der Waals surface area contributed by atoms with E-state index in [-0.39, 0.29) is 0 Å². The van der Waals surface area contributed by atoms with Crippen LogP contribution in [0.3, 0.4) is 0 Å². The average Bonchev–Trinajstić information content (AvgIpc) is 2.69. The third kappa shape index (κ3) is 2.25. The Balaban J connectivity index is 2.29. The van der Waals surface area contributed by atoms with Gasteiger partial charge in [-0.05, 0) is 44.7 Å². The number of rotatable bonds is 3. The molecule has 3 heteroatoms. The highest BCUT2D eigenvalue weighted by Crippen LogP contribution is 2.44. The molecule has 1 aromatic heterocycles. The molecule has 0 bridgehead atoms. The molecule has 0 spiro atoms. The summed E-state index contributed by atoms with van der Waals surface area (Å²) in [6.07, 6.45) is 2.50. The molecule has 0 radical (unpaired) electrons. The zero-order chi connectivity index (χ0) is 12.6. The van der Waals surface area contributed by atoms with E-state index >= 15 is 0 Å². The molecule has 1 N–H and O–H groups in total. The van der Waals surface area contributed by atoms with Crippen molar-refractivity contribution in [2.24, 2.45) is 5.41 Å². The molecule has 1 heterocycles. The van der Waals surface area contributed by atoms with Crippen LogP contribution in [0.15, 0.2) is 6.07 Å². The molecular formula is C14H25N3. The van der Waals surface area contributed by atoms with E-state index in [1.54, 1.807) is 0 Å².